The zero-order chi connectivity index (χ0) is 13.8. The summed E-state index contributed by atoms with van der Waals surface area (Å²) in [6.07, 6.45) is 0.739. The summed E-state index contributed by atoms with van der Waals surface area (Å²) in [5.74, 6) is -0.449. The predicted molar refractivity (Wildman–Crippen MR) is 74.9 cm³/mol. The first-order valence-corrected chi connectivity index (χ1v) is 7.26. The summed E-state index contributed by atoms with van der Waals surface area (Å²) in [6.45, 7) is 2.12. The molecule has 2 amide bonds. The molecule has 0 aromatic carbocycles. The standard InChI is InChI=1S/C12H16ClN3O2S/c13-10-2-1-9(19-10)5-15-11(17)7-16-4-3-8(6-16)12(14)18/h1-2,8H,3-7H2,(H2,14,18)(H,15,17). The highest BCUT2D eigenvalue weighted by atomic mass is 35.5. The second-order valence-corrected chi connectivity index (χ2v) is 6.41. The molecule has 1 fully saturated rings. The minimum Gasteiger partial charge on any atom is -0.369 e. The Balaban J connectivity index is 1.72. The molecular formula is C12H16ClN3O2S. The monoisotopic (exact) mass is 301 g/mol. The van der Waals surface area contributed by atoms with Crippen molar-refractivity contribution in [1.29, 1.82) is 0 Å². The summed E-state index contributed by atoms with van der Waals surface area (Å²) in [5, 5.41) is 2.84. The SMILES string of the molecule is NC(=O)C1CCN(CC(=O)NCc2ccc(Cl)s2)C1. The number of likely N-dealkylation sites (tertiary alicyclic amines) is 1. The van der Waals surface area contributed by atoms with Gasteiger partial charge in [-0.15, -0.1) is 11.3 Å². The molecule has 1 atom stereocenters. The third-order valence-corrected chi connectivity index (χ3v) is 4.36. The van der Waals surface area contributed by atoms with Gasteiger partial charge in [0.15, 0.2) is 0 Å². The van der Waals surface area contributed by atoms with Gasteiger partial charge in [-0.05, 0) is 25.1 Å². The van der Waals surface area contributed by atoms with Crippen LogP contribution in [0.3, 0.4) is 0 Å². The highest BCUT2D eigenvalue weighted by molar-refractivity contribution is 7.16. The fraction of sp³-hybridized carbons (Fsp3) is 0.500. The first kappa shape index (κ1) is 14.3. The molecule has 19 heavy (non-hydrogen) atoms. The molecule has 3 N–H and O–H groups in total. The van der Waals surface area contributed by atoms with E-state index in [1.54, 1.807) is 0 Å². The van der Waals surface area contributed by atoms with Crippen LogP contribution in [0.15, 0.2) is 12.1 Å². The van der Waals surface area contributed by atoms with Crippen LogP contribution in [0.1, 0.15) is 11.3 Å². The third kappa shape index (κ3) is 4.19. The van der Waals surface area contributed by atoms with Crippen molar-refractivity contribution in [2.45, 2.75) is 13.0 Å². The van der Waals surface area contributed by atoms with E-state index in [0.717, 1.165) is 17.8 Å². The number of nitrogens with two attached hydrogens (primary N) is 1. The molecule has 1 aromatic rings. The van der Waals surface area contributed by atoms with Crippen LogP contribution in [0.4, 0.5) is 0 Å². The van der Waals surface area contributed by atoms with E-state index in [2.05, 4.69) is 5.32 Å². The van der Waals surface area contributed by atoms with Gasteiger partial charge >= 0.3 is 0 Å². The van der Waals surface area contributed by atoms with Crippen LogP contribution in [-0.2, 0) is 16.1 Å². The molecule has 0 bridgehead atoms. The number of hydrogen-bond donors (Lipinski definition) is 2. The average Bonchev–Trinajstić information content (AvgIpc) is 2.96. The van der Waals surface area contributed by atoms with Gasteiger partial charge in [-0.2, -0.15) is 0 Å². The molecule has 2 rings (SSSR count). The Kier molecular flexibility index (Phi) is 4.79. The van der Waals surface area contributed by atoms with Gasteiger partial charge in [0.05, 0.1) is 23.3 Å². The summed E-state index contributed by atoms with van der Waals surface area (Å²) < 4.78 is 0.716. The second-order valence-electron chi connectivity index (χ2n) is 4.61. The lowest BCUT2D eigenvalue weighted by Crippen LogP contribution is -2.36. The van der Waals surface area contributed by atoms with Crippen molar-refractivity contribution >= 4 is 34.8 Å². The van der Waals surface area contributed by atoms with Crippen LogP contribution >= 0.6 is 22.9 Å². The molecule has 1 aliphatic heterocycles. The van der Waals surface area contributed by atoms with Crippen molar-refractivity contribution in [2.24, 2.45) is 11.7 Å². The minimum absolute atomic E-state index is 0.0466. The Morgan fingerprint density at radius 1 is 1.53 bits per heavy atom. The number of primary amides is 1. The van der Waals surface area contributed by atoms with Crippen LogP contribution in [0.5, 0.6) is 0 Å². The molecule has 2 heterocycles. The first-order valence-electron chi connectivity index (χ1n) is 6.07. The smallest absolute Gasteiger partial charge is 0.234 e. The first-order chi connectivity index (χ1) is 9.04. The van der Waals surface area contributed by atoms with Gasteiger partial charge in [-0.1, -0.05) is 11.6 Å². The molecule has 5 nitrogen and oxygen atoms in total. The van der Waals surface area contributed by atoms with E-state index in [4.69, 9.17) is 17.3 Å². The highest BCUT2D eigenvalue weighted by Crippen LogP contribution is 2.21. The summed E-state index contributed by atoms with van der Waals surface area (Å²) in [5.41, 5.74) is 5.25. The number of carbonyl (C=O) groups excluding carboxylic acids is 2. The molecule has 1 aromatic heterocycles. The van der Waals surface area contributed by atoms with Gasteiger partial charge in [0.1, 0.15) is 0 Å². The second kappa shape index (κ2) is 6.36. The maximum atomic E-state index is 11.8. The zero-order valence-corrected chi connectivity index (χ0v) is 12.0. The fourth-order valence-corrected chi connectivity index (χ4v) is 3.13. The van der Waals surface area contributed by atoms with E-state index in [-0.39, 0.29) is 17.7 Å². The zero-order valence-electron chi connectivity index (χ0n) is 10.4. The third-order valence-electron chi connectivity index (χ3n) is 3.13. The van der Waals surface area contributed by atoms with E-state index in [9.17, 15) is 9.59 Å². The van der Waals surface area contributed by atoms with Gasteiger partial charge in [0, 0.05) is 11.4 Å². The number of carbonyl (C=O) groups is 2. The van der Waals surface area contributed by atoms with Crippen molar-refractivity contribution in [3.63, 3.8) is 0 Å². The number of nitrogens with zero attached hydrogens (tertiary/aromatic N) is 1. The van der Waals surface area contributed by atoms with Crippen LogP contribution in [-0.4, -0.2) is 36.3 Å². The molecule has 1 unspecified atom stereocenters. The van der Waals surface area contributed by atoms with Gasteiger partial charge in [-0.3, -0.25) is 14.5 Å². The lowest BCUT2D eigenvalue weighted by Gasteiger charge is -2.14. The topological polar surface area (TPSA) is 75.4 Å². The summed E-state index contributed by atoms with van der Waals surface area (Å²) in [7, 11) is 0. The van der Waals surface area contributed by atoms with Crippen molar-refractivity contribution in [2.75, 3.05) is 19.6 Å². The predicted octanol–water partition coefficient (Wildman–Crippen LogP) is 0.825. The largest absolute Gasteiger partial charge is 0.369 e. The molecule has 0 aliphatic carbocycles. The maximum Gasteiger partial charge on any atom is 0.234 e. The minimum atomic E-state index is -0.281. The number of thiophene rings is 1. The van der Waals surface area contributed by atoms with E-state index < -0.39 is 0 Å². The maximum absolute atomic E-state index is 11.8. The number of halogens is 1. The Labute approximate surface area is 120 Å². The van der Waals surface area contributed by atoms with E-state index >= 15 is 0 Å². The Morgan fingerprint density at radius 2 is 2.32 bits per heavy atom. The Bertz CT molecular complexity index is 477. The normalized spacial score (nSPS) is 19.5. The molecule has 0 radical (unpaired) electrons. The molecule has 7 heteroatoms. The number of nitrogens with one attached hydrogen (secondary N) is 1. The van der Waals surface area contributed by atoms with Crippen molar-refractivity contribution in [3.8, 4) is 0 Å². The number of rotatable bonds is 5. The molecular weight excluding hydrogens is 286 g/mol. The highest BCUT2D eigenvalue weighted by Gasteiger charge is 2.27. The molecule has 0 spiro atoms. The van der Waals surface area contributed by atoms with Crippen LogP contribution in [0.2, 0.25) is 4.34 Å². The Hall–Kier alpha value is -1.11. The lowest BCUT2D eigenvalue weighted by molar-refractivity contribution is -0.123. The van der Waals surface area contributed by atoms with Gasteiger partial charge in [0.25, 0.3) is 0 Å². The molecule has 1 aliphatic rings. The van der Waals surface area contributed by atoms with E-state index in [1.165, 1.54) is 11.3 Å². The quantitative estimate of drug-likeness (QED) is 0.845. The van der Waals surface area contributed by atoms with Crippen LogP contribution in [0, 0.1) is 5.92 Å². The van der Waals surface area contributed by atoms with E-state index in [1.807, 2.05) is 17.0 Å². The van der Waals surface area contributed by atoms with Crippen LogP contribution < -0.4 is 11.1 Å². The summed E-state index contributed by atoms with van der Waals surface area (Å²) in [6, 6.07) is 3.71. The lowest BCUT2D eigenvalue weighted by atomic mass is 10.1. The average molecular weight is 302 g/mol. The Morgan fingerprint density at radius 3 is 2.89 bits per heavy atom. The number of amides is 2. The molecule has 104 valence electrons. The van der Waals surface area contributed by atoms with Crippen LogP contribution in [0.25, 0.3) is 0 Å². The van der Waals surface area contributed by atoms with Gasteiger partial charge in [-0.25, -0.2) is 0 Å². The van der Waals surface area contributed by atoms with Gasteiger partial charge in [0.2, 0.25) is 11.8 Å². The van der Waals surface area contributed by atoms with Crippen molar-refractivity contribution in [1.82, 2.24) is 10.2 Å². The summed E-state index contributed by atoms with van der Waals surface area (Å²) in [4.78, 5) is 25.8. The fourth-order valence-electron chi connectivity index (χ4n) is 2.10. The van der Waals surface area contributed by atoms with E-state index in [0.29, 0.717) is 24.0 Å². The number of hydrogen-bond acceptors (Lipinski definition) is 4. The van der Waals surface area contributed by atoms with Crippen molar-refractivity contribution < 1.29 is 9.59 Å². The molecule has 0 saturated carbocycles. The molecule has 1 saturated heterocycles. The van der Waals surface area contributed by atoms with Crippen molar-refractivity contribution in [3.05, 3.63) is 21.3 Å². The summed E-state index contributed by atoms with van der Waals surface area (Å²) >= 11 is 7.27. The van der Waals surface area contributed by atoms with Gasteiger partial charge < -0.3 is 11.1 Å².